The van der Waals surface area contributed by atoms with Crippen molar-refractivity contribution in [2.75, 3.05) is 36.6 Å². The second-order valence-corrected chi connectivity index (χ2v) is 8.76. The number of anilines is 2. The molecule has 0 saturated heterocycles. The van der Waals surface area contributed by atoms with Gasteiger partial charge in [0.05, 0.1) is 0 Å². The Balaban J connectivity index is 0.00000204. The minimum atomic E-state index is -0.219. The average Bonchev–Trinajstić information content (AvgIpc) is 2.69. The molecule has 5 nitrogen and oxygen atoms in total. The third-order valence-electron chi connectivity index (χ3n) is 4.09. The van der Waals surface area contributed by atoms with Gasteiger partial charge in [-0.15, -0.1) is 4.75 Å². The summed E-state index contributed by atoms with van der Waals surface area (Å²) in [6.45, 7) is 5.35. The first-order valence-electron chi connectivity index (χ1n) is 9.05. The van der Waals surface area contributed by atoms with Crippen LogP contribution in [0.25, 0.3) is 11.1 Å². The van der Waals surface area contributed by atoms with E-state index in [1.807, 2.05) is 40.1 Å². The van der Waals surface area contributed by atoms with E-state index in [9.17, 15) is 4.79 Å². The number of carbonyl (C=O) groups excluding carboxylic acids is 1. The molecule has 0 heterocycles. The van der Waals surface area contributed by atoms with Gasteiger partial charge in [-0.2, -0.15) is 0 Å². The van der Waals surface area contributed by atoms with Gasteiger partial charge in [0.1, 0.15) is 0 Å². The summed E-state index contributed by atoms with van der Waals surface area (Å²) < 4.78 is 8.00. The first-order valence-corrected chi connectivity index (χ1v) is 10.8. The van der Waals surface area contributed by atoms with Crippen LogP contribution in [0.4, 0.5) is 11.4 Å². The van der Waals surface area contributed by atoms with E-state index in [2.05, 4.69) is 45.9 Å². The van der Waals surface area contributed by atoms with Gasteiger partial charge in [0, 0.05) is 32.0 Å². The van der Waals surface area contributed by atoms with Gasteiger partial charge in [-0.25, -0.2) is 0 Å². The molecule has 0 radical (unpaired) electrons. The molecule has 0 aliphatic rings. The molecule has 8 heteroatoms. The van der Waals surface area contributed by atoms with Gasteiger partial charge in [-0.3, -0.25) is 4.79 Å². The van der Waals surface area contributed by atoms with E-state index in [1.54, 1.807) is 0 Å². The zero-order valence-corrected chi connectivity index (χ0v) is 20.6. The number of nitrogens with one attached hydrogen (secondary N) is 2. The maximum absolute atomic E-state index is 11.8. The third kappa shape index (κ3) is 9.01. The molecule has 0 saturated carbocycles. The molecule has 0 fully saturated rings. The predicted molar refractivity (Wildman–Crippen MR) is 121 cm³/mol. The molecule has 1 amide bonds. The van der Waals surface area contributed by atoms with E-state index < -0.39 is 0 Å². The Kier molecular flexibility index (Phi) is 11.1. The van der Waals surface area contributed by atoms with Crippen molar-refractivity contribution in [1.29, 1.82) is 0 Å². The summed E-state index contributed by atoms with van der Waals surface area (Å²) in [6, 6.07) is 14.5. The van der Waals surface area contributed by atoms with Crippen molar-refractivity contribution in [2.45, 2.75) is 25.1 Å². The van der Waals surface area contributed by atoms with Crippen molar-refractivity contribution in [2.24, 2.45) is 0 Å². The number of carbonyl (C=O) groups is 1. The Morgan fingerprint density at radius 1 is 1.07 bits per heavy atom. The number of hydrogen-bond donors (Lipinski definition) is 2. The SMILES string of the molecule is CN(C)c1ccc(-c2ccc(NC(=O)C[S-])c(CNCC(C)(C)[S-])c2)cc1.[O]=[Tc+2]. The van der Waals surface area contributed by atoms with Crippen molar-refractivity contribution in [1.82, 2.24) is 5.32 Å². The number of hydrogen-bond acceptors (Lipinski definition) is 6. The molecule has 0 aromatic heterocycles. The fourth-order valence-corrected chi connectivity index (χ4v) is 2.85. The summed E-state index contributed by atoms with van der Waals surface area (Å²) in [4.78, 5) is 13.8. The second-order valence-electron chi connectivity index (χ2n) is 7.37. The topological polar surface area (TPSA) is 61.4 Å². The molecule has 29 heavy (non-hydrogen) atoms. The molecular weight excluding hydrogens is 488 g/mol. The van der Waals surface area contributed by atoms with Crippen molar-refractivity contribution < 1.29 is 27.2 Å². The molecule has 2 aromatic rings. The molecule has 0 aliphatic heterocycles. The Morgan fingerprint density at radius 2 is 1.66 bits per heavy atom. The van der Waals surface area contributed by atoms with Gasteiger partial charge in [0.25, 0.3) is 0 Å². The maximum atomic E-state index is 11.8. The van der Waals surface area contributed by atoms with Crippen molar-refractivity contribution in [3.63, 3.8) is 0 Å². The summed E-state index contributed by atoms with van der Waals surface area (Å²) >= 11 is 11.2. The summed E-state index contributed by atoms with van der Waals surface area (Å²) in [7, 11) is 4.05. The Labute approximate surface area is 195 Å². The number of nitrogens with zero attached hydrogens (tertiary/aromatic N) is 1. The van der Waals surface area contributed by atoms with Crippen molar-refractivity contribution >= 4 is 42.5 Å². The van der Waals surface area contributed by atoms with Gasteiger partial charge in [0.15, 0.2) is 5.91 Å². The molecule has 0 atom stereocenters. The molecule has 0 unspecified atom stereocenters. The van der Waals surface area contributed by atoms with Crippen LogP contribution in [0.3, 0.4) is 0 Å². The number of rotatable bonds is 8. The van der Waals surface area contributed by atoms with Crippen LogP contribution < -0.4 is 15.5 Å². The summed E-state index contributed by atoms with van der Waals surface area (Å²) in [5, 5.41) is 6.28. The van der Waals surface area contributed by atoms with Crippen LogP contribution in [0.2, 0.25) is 0 Å². The summed E-state index contributed by atoms with van der Waals surface area (Å²) in [5.74, 6) is -0.127. The Morgan fingerprint density at radius 3 is 2.17 bits per heavy atom. The van der Waals surface area contributed by atoms with Gasteiger partial charge in [-0.05, 0) is 47.5 Å². The number of amides is 1. The third-order valence-corrected chi connectivity index (χ3v) is 4.50. The van der Waals surface area contributed by atoms with Crippen LogP contribution in [0.5, 0.6) is 0 Å². The van der Waals surface area contributed by atoms with E-state index in [1.165, 1.54) is 0 Å². The van der Waals surface area contributed by atoms with Crippen LogP contribution >= 0.6 is 0 Å². The summed E-state index contributed by atoms with van der Waals surface area (Å²) in [5.41, 5.74) is 5.19. The van der Waals surface area contributed by atoms with Crippen LogP contribution in [0.1, 0.15) is 19.4 Å². The molecule has 2 rings (SSSR count). The van der Waals surface area contributed by atoms with E-state index in [-0.39, 0.29) is 16.4 Å². The molecule has 2 N–H and O–H groups in total. The fraction of sp³-hybridized carbons (Fsp3) is 0.381. The van der Waals surface area contributed by atoms with Crippen LogP contribution in [-0.2, 0) is 59.0 Å². The van der Waals surface area contributed by atoms with E-state index in [0.29, 0.717) is 13.1 Å². The standard InChI is InChI=1S/C21H29N3OS2.O.Tc/c1-21(2,27)14-22-12-17-11-16(7-10-19(17)23-20(25)13-26)15-5-8-18(9-6-15)24(3)4;;/h5-11,22,26-27H,12-14H2,1-4H3,(H,23,25);;/q;;+2/p-2. The monoisotopic (exact) mass is 514 g/mol. The molecule has 157 valence electrons. The quantitative estimate of drug-likeness (QED) is 0.527. The van der Waals surface area contributed by atoms with E-state index >= 15 is 0 Å². The zero-order chi connectivity index (χ0) is 22.0. The Bertz CT molecular complexity index is 794. The average molecular weight is 516 g/mol. The fourth-order valence-electron chi connectivity index (χ4n) is 2.68. The van der Waals surface area contributed by atoms with Gasteiger partial charge in [0.2, 0.25) is 0 Å². The minimum absolute atomic E-state index is 0.0415. The molecule has 0 spiro atoms. The normalized spacial score (nSPS) is 10.7. The molecule has 0 bridgehead atoms. The summed E-state index contributed by atoms with van der Waals surface area (Å²) in [6.07, 6.45) is 0. The van der Waals surface area contributed by atoms with Crippen molar-refractivity contribution in [3.05, 3.63) is 48.0 Å². The van der Waals surface area contributed by atoms with Gasteiger partial charge < -0.3 is 40.8 Å². The number of benzene rings is 2. The zero-order valence-electron chi connectivity index (χ0n) is 17.1. The Hall–Kier alpha value is -1.18. The van der Waals surface area contributed by atoms with Gasteiger partial charge in [-0.1, -0.05) is 37.8 Å². The van der Waals surface area contributed by atoms with Crippen LogP contribution in [-0.4, -0.2) is 37.0 Å². The molecule has 0 aliphatic carbocycles. The van der Waals surface area contributed by atoms with Crippen LogP contribution in [0, 0.1) is 0 Å². The molecular formula is C21H27N3O2S2Tc. The predicted octanol–water partition coefficient (Wildman–Crippen LogP) is 3.20. The first-order chi connectivity index (χ1) is 13.7. The van der Waals surface area contributed by atoms with Crippen molar-refractivity contribution in [3.8, 4) is 11.1 Å². The van der Waals surface area contributed by atoms with E-state index in [0.717, 1.165) is 46.9 Å². The van der Waals surface area contributed by atoms with E-state index in [4.69, 9.17) is 28.8 Å². The van der Waals surface area contributed by atoms with Crippen LogP contribution in [0.15, 0.2) is 42.5 Å². The van der Waals surface area contributed by atoms with Gasteiger partial charge >= 0.3 is 22.4 Å². The molecule has 2 aromatic carbocycles. The second kappa shape index (κ2) is 12.5. The first kappa shape index (κ1) is 25.9.